The van der Waals surface area contributed by atoms with E-state index in [1.807, 2.05) is 266 Å². The van der Waals surface area contributed by atoms with Crippen molar-refractivity contribution in [2.75, 3.05) is 69.6 Å². The summed E-state index contributed by atoms with van der Waals surface area (Å²) in [5, 5.41) is 130. The van der Waals surface area contributed by atoms with Crippen molar-refractivity contribution >= 4 is 312 Å². The Morgan fingerprint density at radius 3 is 0.970 bits per heavy atom. The second-order valence-corrected chi connectivity index (χ2v) is 40.1. The Kier molecular flexibility index (Phi) is 62.0. The number of aromatic hydroxyl groups is 14. The molecule has 33 nitrogen and oxygen atoms in total. The minimum absolute atomic E-state index is 0.0368. The molecule has 0 aliphatic heterocycles. The second kappa shape index (κ2) is 65.3. The van der Waals surface area contributed by atoms with E-state index >= 15 is 0 Å². The van der Waals surface area contributed by atoms with Crippen molar-refractivity contribution in [1.29, 1.82) is 0 Å². The molecule has 0 radical (unpaired) electrons. The fourth-order valence-electron chi connectivity index (χ4n) is 9.61. The Morgan fingerprint density at radius 1 is 0.254 bits per heavy atom. The van der Waals surface area contributed by atoms with Crippen LogP contribution in [0.25, 0.3) is 0 Å². The van der Waals surface area contributed by atoms with Crippen LogP contribution in [0.5, 0.6) is 155 Å². The fraction of sp³-hybridized carbons (Fsp3) is 0.284. The van der Waals surface area contributed by atoms with E-state index in [9.17, 15) is 65.4 Å². The summed E-state index contributed by atoms with van der Waals surface area (Å²) in [5.41, 5.74) is 2.77. The van der Waals surface area contributed by atoms with E-state index in [-0.39, 0.29) is 117 Å². The molecule has 0 bridgehead atoms. The van der Waals surface area contributed by atoms with E-state index in [0.29, 0.717) is 112 Å². The predicted molar refractivity (Wildman–Crippen MR) is 612 cm³/mol. The normalized spacial score (nSPS) is 10.7. The molecule has 134 heavy (non-hydrogen) atoms. The number of hydrogen-bond donors (Lipinski definition) is 14. The summed E-state index contributed by atoms with van der Waals surface area (Å²) in [4.78, 5) is 32.3. The number of methoxy groups -OCH3 is 7. The van der Waals surface area contributed by atoms with Crippen LogP contribution in [0.1, 0.15) is 79.0 Å². The Bertz CT molecular complexity index is 5470. The lowest BCUT2D eigenvalue weighted by Gasteiger charge is -2.19. The first-order valence-electron chi connectivity index (χ1n) is 37.8. The summed E-state index contributed by atoms with van der Waals surface area (Å²) in [6.45, 7) is 22.5. The van der Waals surface area contributed by atoms with Crippen LogP contribution < -0.4 is 61.6 Å². The summed E-state index contributed by atoms with van der Waals surface area (Å²) < 4.78 is 91.3. The van der Waals surface area contributed by atoms with Crippen LogP contribution in [0.15, 0.2) is 103 Å². The van der Waals surface area contributed by atoms with Crippen LogP contribution in [0.4, 0.5) is 0 Å². The smallest absolute Gasteiger partial charge is 0.308 e. The van der Waals surface area contributed by atoms with E-state index in [0.717, 1.165) is 34.5 Å². The summed E-state index contributed by atoms with van der Waals surface area (Å²) in [7, 11) is 10.3. The highest BCUT2D eigenvalue weighted by Crippen LogP contribution is 2.46. The number of carbonyl (C=O) groups excluding carboxylic acids is 3. The third-order valence-corrected chi connectivity index (χ3v) is 28.3. The lowest BCUT2D eigenvalue weighted by Crippen LogP contribution is -2.17. The molecule has 10 aromatic rings. The number of benzene rings is 10. The molecule has 0 aliphatic rings. The first-order valence-corrected chi connectivity index (χ1v) is 51.8. The van der Waals surface area contributed by atoms with Gasteiger partial charge in [-0.3, -0.25) is 14.4 Å². The fourth-order valence-corrected chi connectivity index (χ4v) is 17.0. The highest BCUT2D eigenvalue weighted by Gasteiger charge is 2.23. The Balaban J connectivity index is 0.000000747. The van der Waals surface area contributed by atoms with Gasteiger partial charge in [0, 0.05) is 89.1 Å². The van der Waals surface area contributed by atoms with Gasteiger partial charge in [0.05, 0.1) is 85.5 Å². The molecule has 10 rings (SSSR count). The van der Waals surface area contributed by atoms with E-state index in [1.54, 1.807) is 43.5 Å². The van der Waals surface area contributed by atoms with Gasteiger partial charge in [0.2, 0.25) is 0 Å². The average molecular weight is 3330 g/mol. The first-order chi connectivity index (χ1) is 62.6. The Hall–Kier alpha value is -4.82. The van der Waals surface area contributed by atoms with Crippen LogP contribution in [-0.2, 0) is 28.6 Å². The monoisotopic (exact) mass is 3330 g/mol. The van der Waals surface area contributed by atoms with Gasteiger partial charge in [-0.05, 0) is 427 Å². The molecule has 0 aliphatic carbocycles. The van der Waals surface area contributed by atoms with Crippen molar-refractivity contribution in [1.82, 2.24) is 0 Å². The number of phenols is 14. The minimum Gasteiger partial charge on any atom is -0.508 e. The van der Waals surface area contributed by atoms with Crippen molar-refractivity contribution in [3.8, 4) is 155 Å². The Morgan fingerprint density at radius 2 is 0.552 bits per heavy atom. The van der Waals surface area contributed by atoms with Gasteiger partial charge in [0.1, 0.15) is 85.5 Å². The standard InChI is InChI=1S/C11H14I2O4.C11H15IO4.C11H15IO3.C9H8I2O4.C9H9IO4.C9H9IO3.C7H6I2O3.2C7H7IO3.C7H7IO2/c1-4-16-6(2)17-10-7(12)5-8(14)9(13)11(10)15-3;1-4-15-7(2)16-11-9(12)5-8(13)6-10(11)14-3;1-4-14-8(3)15-10-6-9(13)5-7(2)11(10)12;1-4(12)15-8-5(10)3-6(13)7(11)9(8)14-2;1-5(11)14-9-7(10)3-6(12)4-8(9)13-2;1-5-3-7(12)4-8(9(5)10)13-6(2)11;1-12-7-5(9)4(10)2-3(8)6(7)11;1-11-7-3-5(9)4(8)2-6(7)10;1-11-6-3-4(9)2-5(8)7(6)10;1-4-2-5(9)3-6(10)7(4)8/h5-6,14H,4H2,1-3H3;5-7,13H,4H2,1-3H3;5-6,8,13H,4H2,1-3H3;3,13H,1-2H3;3-4,12H,1-2H3;3-4,12H,1-2H3;2,10-11H,1H3;2*2-3,9-10H,1H3;2-3,9-10H,1H3. The maximum atomic E-state index is 10.9. The molecule has 0 aromatic heterocycles. The molecule has 0 heterocycles. The number of ether oxygens (including phenoxy) is 16. The quantitative estimate of drug-likeness (QED) is 0.00985. The largest absolute Gasteiger partial charge is 0.508 e. The molecule has 0 saturated heterocycles. The highest BCUT2D eigenvalue weighted by molar-refractivity contribution is 14.1. The van der Waals surface area contributed by atoms with E-state index in [2.05, 4.69) is 90.4 Å². The van der Waals surface area contributed by atoms with E-state index < -0.39 is 11.9 Å². The molecule has 0 saturated carbocycles. The second-order valence-electron chi connectivity index (χ2n) is 25.5. The van der Waals surface area contributed by atoms with Gasteiger partial charge >= 0.3 is 17.9 Å². The molecule has 0 fully saturated rings. The number of esters is 3. The number of halogens is 13. The van der Waals surface area contributed by atoms with E-state index in [1.165, 1.54) is 130 Å². The average Bonchev–Trinajstić information content (AvgIpc) is 0.772. The number of phenolic OH excluding ortho intramolecular Hbond substituents is 14. The van der Waals surface area contributed by atoms with Gasteiger partial charge in [-0.1, -0.05) is 0 Å². The highest BCUT2D eigenvalue weighted by atomic mass is 127. The van der Waals surface area contributed by atoms with Gasteiger partial charge < -0.3 is 147 Å². The summed E-state index contributed by atoms with van der Waals surface area (Å²) in [6, 6.07) is 25.6. The molecule has 3 unspecified atom stereocenters. The molecule has 0 spiro atoms. The van der Waals surface area contributed by atoms with Gasteiger partial charge in [-0.15, -0.1) is 0 Å². The number of rotatable bonds is 22. The third-order valence-electron chi connectivity index (χ3n) is 15.3. The van der Waals surface area contributed by atoms with Gasteiger partial charge in [-0.25, -0.2) is 0 Å². The van der Waals surface area contributed by atoms with Crippen LogP contribution in [-0.4, -0.2) is 178 Å². The summed E-state index contributed by atoms with van der Waals surface area (Å²) in [5.74, 6) is 5.87. The first kappa shape index (κ1) is 127. The molecular weight excluding hydrogens is 3230 g/mol. The summed E-state index contributed by atoms with van der Waals surface area (Å²) in [6.07, 6.45) is -1.01. The van der Waals surface area contributed by atoms with Crippen molar-refractivity contribution in [3.05, 3.63) is 166 Å². The topological polar surface area (TPSA) is 482 Å². The van der Waals surface area contributed by atoms with Crippen LogP contribution in [0.2, 0.25) is 0 Å². The minimum atomic E-state index is -0.424. The van der Waals surface area contributed by atoms with E-state index in [4.69, 9.17) is 96.2 Å². The Labute approximate surface area is 952 Å². The van der Waals surface area contributed by atoms with Gasteiger partial charge in [0.25, 0.3) is 0 Å². The van der Waals surface area contributed by atoms with Crippen molar-refractivity contribution in [3.63, 3.8) is 0 Å². The zero-order valence-electron chi connectivity index (χ0n) is 74.6. The number of carbonyl (C=O) groups is 3. The van der Waals surface area contributed by atoms with Gasteiger partial charge in [-0.2, -0.15) is 0 Å². The molecule has 0 amide bonds. The molecule has 14 N–H and O–H groups in total. The van der Waals surface area contributed by atoms with Gasteiger partial charge in [0.15, 0.2) is 99.4 Å². The molecular formula is C88H97I13O33. The van der Waals surface area contributed by atoms with Crippen LogP contribution in [0.3, 0.4) is 0 Å². The number of hydrogen-bond acceptors (Lipinski definition) is 33. The third kappa shape index (κ3) is 44.1. The zero-order valence-corrected chi connectivity index (χ0v) is 103. The maximum Gasteiger partial charge on any atom is 0.308 e. The van der Waals surface area contributed by atoms with Crippen LogP contribution in [0, 0.1) is 67.2 Å². The van der Waals surface area contributed by atoms with Crippen LogP contribution >= 0.6 is 294 Å². The zero-order chi connectivity index (χ0) is 103. The predicted octanol–water partition coefficient (Wildman–Crippen LogP) is 23.6. The summed E-state index contributed by atoms with van der Waals surface area (Å²) >= 11 is 26.0. The SMILES string of the molecule is CC(=O)Oc1cc(O)cc(C)c1I.CCOC(C)Oc1c(I)cc(O)c(I)c1OC.CCOC(C)Oc1c(I)cc(O)cc1OC.CCOC(C)Oc1cc(O)cc(C)c1I.COc1c(I)c(O)cc(I)c1OC(C)=O.COc1c(O)c(I)cc(O)c1I.COc1cc(O)c(I)cc1O.COc1cc(O)cc(I)c1O.COc1cc(O)cc(I)c1OC(C)=O.Cc1cc(O)cc(O)c1I. The molecule has 738 valence electrons. The molecule has 10 aromatic carbocycles. The molecule has 46 heteroatoms. The van der Waals surface area contributed by atoms with Crippen molar-refractivity contribution in [2.45, 2.75) is 102 Å². The van der Waals surface area contributed by atoms with Crippen molar-refractivity contribution in [2.24, 2.45) is 0 Å². The maximum absolute atomic E-state index is 10.9. The lowest BCUT2D eigenvalue weighted by molar-refractivity contribution is -0.133. The lowest BCUT2D eigenvalue weighted by atomic mass is 10.2. The molecule has 3 atom stereocenters. The van der Waals surface area contributed by atoms with Crippen molar-refractivity contribution < 1.29 is 162 Å². The number of aryl methyl sites for hydroxylation is 3.